The number of fused-ring (bicyclic) bond motifs is 1. The predicted octanol–water partition coefficient (Wildman–Crippen LogP) is 2.64. The van der Waals surface area contributed by atoms with Crippen LogP contribution < -0.4 is 4.90 Å². The van der Waals surface area contributed by atoms with Gasteiger partial charge >= 0.3 is 0 Å². The fraction of sp³-hybridized carbons (Fsp3) is 0.250. The van der Waals surface area contributed by atoms with E-state index in [9.17, 15) is 0 Å². The quantitative estimate of drug-likeness (QED) is 0.725. The summed E-state index contributed by atoms with van der Waals surface area (Å²) in [4.78, 5) is 20.5. The number of benzene rings is 1. The van der Waals surface area contributed by atoms with Crippen LogP contribution in [0.2, 0.25) is 0 Å². The van der Waals surface area contributed by atoms with Gasteiger partial charge in [0.1, 0.15) is 0 Å². The molecular formula is C16H15N5S. The average molecular weight is 309 g/mol. The van der Waals surface area contributed by atoms with Crippen LogP contribution in [0.4, 0.5) is 5.82 Å². The Morgan fingerprint density at radius 3 is 2.50 bits per heavy atom. The van der Waals surface area contributed by atoms with E-state index in [1.165, 1.54) is 0 Å². The summed E-state index contributed by atoms with van der Waals surface area (Å²) in [7, 11) is 0. The second-order valence-corrected chi connectivity index (χ2v) is 6.29. The first kappa shape index (κ1) is 13.5. The summed E-state index contributed by atoms with van der Waals surface area (Å²) < 4.78 is 0. The summed E-state index contributed by atoms with van der Waals surface area (Å²) in [5.41, 5.74) is 2.45. The molecular weight excluding hydrogens is 294 g/mol. The lowest BCUT2D eigenvalue weighted by atomic mass is 10.2. The summed E-state index contributed by atoms with van der Waals surface area (Å²) in [5, 5.41) is 0. The topological polar surface area (TPSA) is 54.8 Å². The third-order valence-electron chi connectivity index (χ3n) is 3.66. The zero-order valence-corrected chi connectivity index (χ0v) is 12.8. The monoisotopic (exact) mass is 309 g/mol. The van der Waals surface area contributed by atoms with Gasteiger partial charge in [0.25, 0.3) is 0 Å². The molecule has 0 amide bonds. The second kappa shape index (κ2) is 5.88. The van der Waals surface area contributed by atoms with Gasteiger partial charge in [0.15, 0.2) is 22.8 Å². The SMILES string of the molecule is c1ccc(-c2nc(N3CCSCC3)c3nccnc3n2)cc1. The minimum Gasteiger partial charge on any atom is -0.353 e. The van der Waals surface area contributed by atoms with E-state index in [0.717, 1.165) is 41.5 Å². The molecule has 6 heteroatoms. The summed E-state index contributed by atoms with van der Waals surface area (Å²) in [6.07, 6.45) is 3.38. The van der Waals surface area contributed by atoms with E-state index >= 15 is 0 Å². The predicted molar refractivity (Wildman–Crippen MR) is 90.1 cm³/mol. The van der Waals surface area contributed by atoms with E-state index in [2.05, 4.69) is 19.9 Å². The first-order valence-corrected chi connectivity index (χ1v) is 8.44. The number of rotatable bonds is 2. The molecule has 5 nitrogen and oxygen atoms in total. The number of anilines is 1. The molecule has 0 unspecified atom stereocenters. The van der Waals surface area contributed by atoms with E-state index in [0.29, 0.717) is 11.5 Å². The van der Waals surface area contributed by atoms with Gasteiger partial charge in [-0.05, 0) is 0 Å². The minimum absolute atomic E-state index is 0.657. The zero-order chi connectivity index (χ0) is 14.8. The highest BCUT2D eigenvalue weighted by Gasteiger charge is 2.19. The fourth-order valence-corrected chi connectivity index (χ4v) is 3.46. The molecule has 1 fully saturated rings. The molecule has 1 aliphatic rings. The van der Waals surface area contributed by atoms with Gasteiger partial charge in [-0.25, -0.2) is 19.9 Å². The van der Waals surface area contributed by atoms with Crippen LogP contribution in [0.1, 0.15) is 0 Å². The van der Waals surface area contributed by atoms with E-state index in [1.54, 1.807) is 12.4 Å². The molecule has 0 aliphatic carbocycles. The van der Waals surface area contributed by atoms with Crippen molar-refractivity contribution >= 4 is 28.7 Å². The van der Waals surface area contributed by atoms with Crippen molar-refractivity contribution < 1.29 is 0 Å². The molecule has 0 bridgehead atoms. The maximum absolute atomic E-state index is 4.80. The van der Waals surface area contributed by atoms with E-state index in [-0.39, 0.29) is 0 Å². The normalized spacial score (nSPS) is 15.2. The molecule has 0 N–H and O–H groups in total. The highest BCUT2D eigenvalue weighted by atomic mass is 32.2. The van der Waals surface area contributed by atoms with E-state index in [4.69, 9.17) is 4.98 Å². The number of aromatic nitrogens is 4. The molecule has 2 aromatic heterocycles. The maximum atomic E-state index is 4.80. The Hall–Kier alpha value is -2.21. The van der Waals surface area contributed by atoms with Crippen molar-refractivity contribution in [1.82, 2.24) is 19.9 Å². The van der Waals surface area contributed by atoms with Crippen LogP contribution in [-0.4, -0.2) is 44.5 Å². The van der Waals surface area contributed by atoms with Crippen molar-refractivity contribution in [3.05, 3.63) is 42.7 Å². The number of thioether (sulfide) groups is 1. The molecule has 0 saturated carbocycles. The zero-order valence-electron chi connectivity index (χ0n) is 12.0. The van der Waals surface area contributed by atoms with Crippen LogP contribution in [0.3, 0.4) is 0 Å². The van der Waals surface area contributed by atoms with E-state index < -0.39 is 0 Å². The standard InChI is InChI=1S/C16H15N5S/c1-2-4-12(5-3-1)14-19-15-13(17-6-7-18-15)16(20-14)21-8-10-22-11-9-21/h1-7H,8-11H2. The van der Waals surface area contributed by atoms with Crippen LogP contribution in [0.25, 0.3) is 22.6 Å². The summed E-state index contributed by atoms with van der Waals surface area (Å²) in [6, 6.07) is 10.0. The molecule has 22 heavy (non-hydrogen) atoms. The molecule has 3 heterocycles. The molecule has 0 radical (unpaired) electrons. The lowest BCUT2D eigenvalue weighted by Crippen LogP contribution is -2.33. The van der Waals surface area contributed by atoms with Gasteiger partial charge in [-0.3, -0.25) is 0 Å². The molecule has 1 aromatic carbocycles. The van der Waals surface area contributed by atoms with Crippen molar-refractivity contribution in [2.24, 2.45) is 0 Å². The Labute approximate surface area is 132 Å². The molecule has 0 atom stereocenters. The third kappa shape index (κ3) is 2.50. The Morgan fingerprint density at radius 2 is 1.68 bits per heavy atom. The van der Waals surface area contributed by atoms with Gasteiger partial charge in [-0.1, -0.05) is 30.3 Å². The second-order valence-electron chi connectivity index (χ2n) is 5.06. The highest BCUT2D eigenvalue weighted by molar-refractivity contribution is 7.99. The Balaban J connectivity index is 1.89. The molecule has 1 saturated heterocycles. The van der Waals surface area contributed by atoms with E-state index in [1.807, 2.05) is 42.1 Å². The molecule has 1 aliphatic heterocycles. The first-order valence-electron chi connectivity index (χ1n) is 7.29. The van der Waals surface area contributed by atoms with Gasteiger partial charge in [0, 0.05) is 42.6 Å². The van der Waals surface area contributed by atoms with Crippen LogP contribution in [0.5, 0.6) is 0 Å². The average Bonchev–Trinajstić information content (AvgIpc) is 2.62. The summed E-state index contributed by atoms with van der Waals surface area (Å²) >= 11 is 1.98. The van der Waals surface area contributed by atoms with Crippen LogP contribution >= 0.6 is 11.8 Å². The highest BCUT2D eigenvalue weighted by Crippen LogP contribution is 2.26. The largest absolute Gasteiger partial charge is 0.353 e. The molecule has 0 spiro atoms. The fourth-order valence-electron chi connectivity index (χ4n) is 2.56. The van der Waals surface area contributed by atoms with Gasteiger partial charge in [-0.2, -0.15) is 11.8 Å². The maximum Gasteiger partial charge on any atom is 0.184 e. The smallest absolute Gasteiger partial charge is 0.184 e. The van der Waals surface area contributed by atoms with Crippen molar-refractivity contribution in [1.29, 1.82) is 0 Å². The van der Waals surface area contributed by atoms with Gasteiger partial charge in [0.2, 0.25) is 0 Å². The van der Waals surface area contributed by atoms with Gasteiger partial charge in [0.05, 0.1) is 0 Å². The van der Waals surface area contributed by atoms with Crippen molar-refractivity contribution in [2.75, 3.05) is 29.5 Å². The Kier molecular flexibility index (Phi) is 3.60. The van der Waals surface area contributed by atoms with Crippen molar-refractivity contribution in [3.8, 4) is 11.4 Å². The first-order chi connectivity index (χ1) is 10.9. The number of hydrogen-bond acceptors (Lipinski definition) is 6. The third-order valence-corrected chi connectivity index (χ3v) is 4.60. The van der Waals surface area contributed by atoms with Crippen LogP contribution in [0, 0.1) is 0 Å². The Bertz CT molecular complexity index is 787. The van der Waals surface area contributed by atoms with Gasteiger partial charge in [-0.15, -0.1) is 0 Å². The molecule has 4 rings (SSSR count). The van der Waals surface area contributed by atoms with Crippen LogP contribution in [0.15, 0.2) is 42.7 Å². The lowest BCUT2D eigenvalue weighted by molar-refractivity contribution is 0.840. The van der Waals surface area contributed by atoms with Gasteiger partial charge < -0.3 is 4.90 Å². The van der Waals surface area contributed by atoms with Crippen molar-refractivity contribution in [2.45, 2.75) is 0 Å². The molecule has 110 valence electrons. The minimum atomic E-state index is 0.657. The lowest BCUT2D eigenvalue weighted by Gasteiger charge is -2.28. The summed E-state index contributed by atoms with van der Waals surface area (Å²) in [6.45, 7) is 1.98. The van der Waals surface area contributed by atoms with Crippen molar-refractivity contribution in [3.63, 3.8) is 0 Å². The van der Waals surface area contributed by atoms with Crippen LogP contribution in [-0.2, 0) is 0 Å². The number of nitrogens with zero attached hydrogens (tertiary/aromatic N) is 5. The Morgan fingerprint density at radius 1 is 0.909 bits per heavy atom. The number of hydrogen-bond donors (Lipinski definition) is 0. The summed E-state index contributed by atoms with van der Waals surface area (Å²) in [5.74, 6) is 3.85. The molecule has 3 aromatic rings.